The van der Waals surface area contributed by atoms with Gasteiger partial charge in [0.15, 0.2) is 0 Å². The van der Waals surface area contributed by atoms with Crippen LogP contribution in [-0.4, -0.2) is 29.6 Å². The fraction of sp³-hybridized carbons (Fsp3) is 0.333. The number of hydrogen-bond acceptors (Lipinski definition) is 4. The van der Waals surface area contributed by atoms with Crippen molar-refractivity contribution >= 4 is 23.3 Å². The molecule has 1 amide bonds. The molecular formula is C18H19ClFN3O2. The number of pyridine rings is 1. The highest BCUT2D eigenvalue weighted by molar-refractivity contribution is 6.34. The molecule has 0 bridgehead atoms. The number of carbonyl (C=O) groups is 1. The van der Waals surface area contributed by atoms with Crippen LogP contribution in [0, 0.1) is 5.82 Å². The van der Waals surface area contributed by atoms with Gasteiger partial charge in [-0.3, -0.25) is 4.79 Å². The standard InChI is InChI=1S/C18H19ClFN3O2/c1-11-9-13(7-8-21-11)25-17-4-2-3-16(22-17)23-18(24)14-6-5-12(20)10-15(14)19/h2-6,10-11,13,21H,7-9H2,1H3,(H,22,23,24)/t11-,13-/m1/s1. The largest absolute Gasteiger partial charge is 0.474 e. The van der Waals surface area contributed by atoms with Gasteiger partial charge in [0.25, 0.3) is 5.91 Å². The first-order valence-electron chi connectivity index (χ1n) is 8.15. The van der Waals surface area contributed by atoms with E-state index in [9.17, 15) is 9.18 Å². The third-order valence-corrected chi connectivity index (χ3v) is 4.32. The number of benzene rings is 1. The Morgan fingerprint density at radius 3 is 3.00 bits per heavy atom. The van der Waals surface area contributed by atoms with Gasteiger partial charge in [-0.15, -0.1) is 0 Å². The Hall–Kier alpha value is -2.18. The highest BCUT2D eigenvalue weighted by atomic mass is 35.5. The molecule has 0 spiro atoms. The molecule has 3 rings (SSSR count). The van der Waals surface area contributed by atoms with Crippen molar-refractivity contribution < 1.29 is 13.9 Å². The van der Waals surface area contributed by atoms with Crippen LogP contribution in [0.4, 0.5) is 10.2 Å². The lowest BCUT2D eigenvalue weighted by molar-refractivity contribution is 0.102. The topological polar surface area (TPSA) is 63.2 Å². The minimum atomic E-state index is -0.494. The molecule has 2 atom stereocenters. The van der Waals surface area contributed by atoms with Gasteiger partial charge in [0, 0.05) is 12.1 Å². The van der Waals surface area contributed by atoms with Gasteiger partial charge >= 0.3 is 0 Å². The van der Waals surface area contributed by atoms with Crippen molar-refractivity contribution in [1.29, 1.82) is 0 Å². The average Bonchev–Trinajstić information content (AvgIpc) is 2.55. The van der Waals surface area contributed by atoms with E-state index in [0.717, 1.165) is 25.5 Å². The molecule has 1 fully saturated rings. The zero-order valence-electron chi connectivity index (χ0n) is 13.8. The van der Waals surface area contributed by atoms with Gasteiger partial charge in [0.05, 0.1) is 10.6 Å². The molecule has 7 heteroatoms. The second-order valence-corrected chi connectivity index (χ2v) is 6.47. The van der Waals surface area contributed by atoms with Crippen molar-refractivity contribution in [2.45, 2.75) is 31.9 Å². The molecule has 25 heavy (non-hydrogen) atoms. The Labute approximate surface area is 150 Å². The van der Waals surface area contributed by atoms with Crippen molar-refractivity contribution in [3.63, 3.8) is 0 Å². The summed E-state index contributed by atoms with van der Waals surface area (Å²) in [5.41, 5.74) is 0.184. The molecule has 0 unspecified atom stereocenters. The van der Waals surface area contributed by atoms with Crippen LogP contribution in [0.3, 0.4) is 0 Å². The van der Waals surface area contributed by atoms with E-state index in [0.29, 0.717) is 17.7 Å². The molecule has 5 nitrogen and oxygen atoms in total. The van der Waals surface area contributed by atoms with Crippen molar-refractivity contribution in [3.8, 4) is 5.88 Å². The monoisotopic (exact) mass is 363 g/mol. The third kappa shape index (κ3) is 4.67. The molecule has 2 aromatic rings. The Morgan fingerprint density at radius 2 is 2.24 bits per heavy atom. The number of anilines is 1. The average molecular weight is 364 g/mol. The Kier molecular flexibility index (Phi) is 5.50. The minimum absolute atomic E-state index is 0.0496. The number of amides is 1. The van der Waals surface area contributed by atoms with Gasteiger partial charge in [-0.25, -0.2) is 4.39 Å². The van der Waals surface area contributed by atoms with Crippen molar-refractivity contribution in [1.82, 2.24) is 10.3 Å². The summed E-state index contributed by atoms with van der Waals surface area (Å²) >= 11 is 5.91. The summed E-state index contributed by atoms with van der Waals surface area (Å²) in [7, 11) is 0. The summed E-state index contributed by atoms with van der Waals surface area (Å²) in [6.07, 6.45) is 1.92. The normalized spacial score (nSPS) is 20.1. The summed E-state index contributed by atoms with van der Waals surface area (Å²) in [6, 6.07) is 9.20. The first-order chi connectivity index (χ1) is 12.0. The lowest BCUT2D eigenvalue weighted by Crippen LogP contribution is -2.40. The van der Waals surface area contributed by atoms with Gasteiger partial charge in [-0.2, -0.15) is 4.98 Å². The SMILES string of the molecule is C[C@@H]1C[C@H](Oc2cccc(NC(=O)c3ccc(F)cc3Cl)n2)CCN1. The molecule has 2 heterocycles. The summed E-state index contributed by atoms with van der Waals surface area (Å²) in [5.74, 6) is -0.136. The molecule has 1 aliphatic heterocycles. The zero-order chi connectivity index (χ0) is 17.8. The molecular weight excluding hydrogens is 345 g/mol. The van der Waals surface area contributed by atoms with E-state index in [1.807, 2.05) is 0 Å². The van der Waals surface area contributed by atoms with E-state index in [1.165, 1.54) is 12.1 Å². The van der Waals surface area contributed by atoms with Crippen LogP contribution in [0.2, 0.25) is 5.02 Å². The van der Waals surface area contributed by atoms with Crippen molar-refractivity contribution in [2.24, 2.45) is 0 Å². The Balaban J connectivity index is 1.67. The van der Waals surface area contributed by atoms with Crippen LogP contribution in [0.25, 0.3) is 0 Å². The van der Waals surface area contributed by atoms with Gasteiger partial charge in [-0.1, -0.05) is 17.7 Å². The first kappa shape index (κ1) is 17.6. The van der Waals surface area contributed by atoms with E-state index in [2.05, 4.69) is 22.5 Å². The van der Waals surface area contributed by atoms with Crippen LogP contribution in [0.15, 0.2) is 36.4 Å². The fourth-order valence-corrected chi connectivity index (χ4v) is 3.02. The molecule has 0 radical (unpaired) electrons. The first-order valence-corrected chi connectivity index (χ1v) is 8.52. The van der Waals surface area contributed by atoms with Crippen LogP contribution in [0.5, 0.6) is 5.88 Å². The lowest BCUT2D eigenvalue weighted by atomic mass is 10.0. The predicted molar refractivity (Wildman–Crippen MR) is 94.7 cm³/mol. The van der Waals surface area contributed by atoms with E-state index < -0.39 is 11.7 Å². The number of halogens is 2. The van der Waals surface area contributed by atoms with Crippen molar-refractivity contribution in [3.05, 3.63) is 52.8 Å². The summed E-state index contributed by atoms with van der Waals surface area (Å²) in [6.45, 7) is 3.03. The number of carbonyl (C=O) groups excluding carboxylic acids is 1. The minimum Gasteiger partial charge on any atom is -0.474 e. The maximum Gasteiger partial charge on any atom is 0.258 e. The molecule has 2 N–H and O–H groups in total. The second-order valence-electron chi connectivity index (χ2n) is 6.06. The molecule has 1 aromatic heterocycles. The number of ether oxygens (including phenoxy) is 1. The van der Waals surface area contributed by atoms with E-state index in [4.69, 9.17) is 16.3 Å². The summed E-state index contributed by atoms with van der Waals surface area (Å²) in [4.78, 5) is 16.6. The highest BCUT2D eigenvalue weighted by Gasteiger charge is 2.20. The van der Waals surface area contributed by atoms with Gasteiger partial charge in [-0.05, 0) is 50.6 Å². The number of piperidine rings is 1. The van der Waals surface area contributed by atoms with E-state index in [1.54, 1.807) is 18.2 Å². The highest BCUT2D eigenvalue weighted by Crippen LogP contribution is 2.21. The quantitative estimate of drug-likeness (QED) is 0.870. The molecule has 132 valence electrons. The number of aromatic nitrogens is 1. The molecule has 0 saturated carbocycles. The summed E-state index contributed by atoms with van der Waals surface area (Å²) < 4.78 is 19.0. The smallest absolute Gasteiger partial charge is 0.258 e. The van der Waals surface area contributed by atoms with Gasteiger partial charge in [0.2, 0.25) is 5.88 Å². The van der Waals surface area contributed by atoms with Crippen LogP contribution >= 0.6 is 11.6 Å². The fourth-order valence-electron chi connectivity index (χ4n) is 2.77. The van der Waals surface area contributed by atoms with Crippen LogP contribution in [-0.2, 0) is 0 Å². The zero-order valence-corrected chi connectivity index (χ0v) is 14.5. The molecule has 0 aliphatic carbocycles. The van der Waals surface area contributed by atoms with Gasteiger partial charge < -0.3 is 15.4 Å². The Bertz CT molecular complexity index is 772. The lowest BCUT2D eigenvalue weighted by Gasteiger charge is -2.28. The third-order valence-electron chi connectivity index (χ3n) is 4.00. The molecule has 1 aromatic carbocycles. The number of rotatable bonds is 4. The number of nitrogens with zero attached hydrogens (tertiary/aromatic N) is 1. The van der Waals surface area contributed by atoms with Crippen molar-refractivity contribution in [2.75, 3.05) is 11.9 Å². The predicted octanol–water partition coefficient (Wildman–Crippen LogP) is 3.65. The summed E-state index contributed by atoms with van der Waals surface area (Å²) in [5, 5.41) is 6.07. The second kappa shape index (κ2) is 7.80. The maximum atomic E-state index is 13.1. The number of nitrogens with one attached hydrogen (secondary N) is 2. The number of hydrogen-bond donors (Lipinski definition) is 2. The molecule has 1 aliphatic rings. The Morgan fingerprint density at radius 1 is 1.40 bits per heavy atom. The van der Waals surface area contributed by atoms with Crippen LogP contribution in [0.1, 0.15) is 30.1 Å². The molecule has 1 saturated heterocycles. The van der Waals surface area contributed by atoms with Gasteiger partial charge in [0.1, 0.15) is 17.7 Å². The van der Waals surface area contributed by atoms with E-state index >= 15 is 0 Å². The van der Waals surface area contributed by atoms with E-state index in [-0.39, 0.29) is 16.7 Å². The maximum absolute atomic E-state index is 13.1. The van der Waals surface area contributed by atoms with Crippen LogP contribution < -0.4 is 15.4 Å².